The third-order valence-electron chi connectivity index (χ3n) is 6.09. The number of carbonyl (C=O) groups excluding carboxylic acids is 3. The van der Waals surface area contributed by atoms with Crippen LogP contribution in [0.4, 0.5) is 10.5 Å². The molecule has 28 heavy (non-hydrogen) atoms. The molecular formula is C21H30N4O3. The Morgan fingerprint density at radius 2 is 1.86 bits per heavy atom. The number of carbonyl (C=O) groups is 3. The second kappa shape index (κ2) is 7.81. The summed E-state index contributed by atoms with van der Waals surface area (Å²) in [6.45, 7) is 2.22. The average molecular weight is 386 g/mol. The summed E-state index contributed by atoms with van der Waals surface area (Å²) in [5, 5.41) is 2.89. The zero-order valence-corrected chi connectivity index (χ0v) is 17.2. The van der Waals surface area contributed by atoms with Crippen LogP contribution in [0.15, 0.2) is 24.3 Å². The van der Waals surface area contributed by atoms with Crippen LogP contribution >= 0.6 is 0 Å². The van der Waals surface area contributed by atoms with Crippen LogP contribution in [0.3, 0.4) is 0 Å². The zero-order chi connectivity index (χ0) is 20.5. The summed E-state index contributed by atoms with van der Waals surface area (Å²) in [5.74, 6) is -0.409. The van der Waals surface area contributed by atoms with Gasteiger partial charge in [0.1, 0.15) is 12.1 Å². The normalized spacial score (nSPS) is 24.4. The first-order valence-corrected chi connectivity index (χ1v) is 9.89. The molecule has 4 amide bonds. The summed E-state index contributed by atoms with van der Waals surface area (Å²) < 4.78 is 0. The highest BCUT2D eigenvalue weighted by molar-refractivity contribution is 6.09. The maximum Gasteiger partial charge on any atom is 0.325 e. The van der Waals surface area contributed by atoms with Gasteiger partial charge >= 0.3 is 6.03 Å². The van der Waals surface area contributed by atoms with Crippen molar-refractivity contribution >= 4 is 23.5 Å². The molecule has 1 N–H and O–H groups in total. The number of anilines is 1. The van der Waals surface area contributed by atoms with E-state index in [0.717, 1.165) is 35.4 Å². The minimum Gasteiger partial charge on any atom is -0.378 e. The molecular weight excluding hydrogens is 356 g/mol. The van der Waals surface area contributed by atoms with Crippen LogP contribution in [0, 0.1) is 5.92 Å². The molecule has 2 aliphatic rings. The maximum absolute atomic E-state index is 13.0. The standard InChI is InChI=1S/C21H30N4O3/c1-15-7-5-6-12-21(15)19(27)25(20(28)22-21)14-18(26)24(4)13-16-8-10-17(11-9-16)23(2)3/h8-11,15H,5-7,12-14H2,1-4H3,(H,22,28). The zero-order valence-electron chi connectivity index (χ0n) is 17.2. The van der Waals surface area contributed by atoms with Crippen molar-refractivity contribution in [1.82, 2.24) is 15.1 Å². The van der Waals surface area contributed by atoms with Crippen molar-refractivity contribution in [2.24, 2.45) is 5.92 Å². The van der Waals surface area contributed by atoms with Crippen LogP contribution in [0.2, 0.25) is 0 Å². The Bertz CT molecular complexity index is 761. The highest BCUT2D eigenvalue weighted by atomic mass is 16.2. The number of benzene rings is 1. The van der Waals surface area contributed by atoms with Gasteiger partial charge in [-0.2, -0.15) is 0 Å². The highest BCUT2D eigenvalue weighted by Crippen LogP contribution is 2.38. The number of rotatable bonds is 5. The number of hydrogen-bond donors (Lipinski definition) is 1. The third kappa shape index (κ3) is 3.70. The Kier molecular flexibility index (Phi) is 5.63. The Labute approximate surface area is 166 Å². The predicted octanol–water partition coefficient (Wildman–Crippen LogP) is 2.21. The van der Waals surface area contributed by atoms with Crippen molar-refractivity contribution in [2.45, 2.75) is 44.7 Å². The van der Waals surface area contributed by atoms with Crippen LogP contribution in [-0.2, 0) is 16.1 Å². The molecule has 1 aliphatic carbocycles. The number of urea groups is 1. The van der Waals surface area contributed by atoms with E-state index in [4.69, 9.17) is 0 Å². The summed E-state index contributed by atoms with van der Waals surface area (Å²) in [5.41, 5.74) is 1.26. The molecule has 1 aromatic carbocycles. The Hall–Kier alpha value is -2.57. The summed E-state index contributed by atoms with van der Waals surface area (Å²) in [7, 11) is 5.64. The van der Waals surface area contributed by atoms with E-state index in [1.807, 2.05) is 50.2 Å². The minimum absolute atomic E-state index is 0.0887. The van der Waals surface area contributed by atoms with E-state index < -0.39 is 11.6 Å². The summed E-state index contributed by atoms with van der Waals surface area (Å²) in [6, 6.07) is 7.51. The lowest BCUT2D eigenvalue weighted by molar-refractivity contribution is -0.140. The molecule has 1 saturated heterocycles. The average Bonchev–Trinajstić information content (AvgIpc) is 2.89. The van der Waals surface area contributed by atoms with Crippen molar-refractivity contribution in [3.05, 3.63) is 29.8 Å². The van der Waals surface area contributed by atoms with Gasteiger partial charge in [0.05, 0.1) is 0 Å². The van der Waals surface area contributed by atoms with E-state index in [1.165, 1.54) is 0 Å². The van der Waals surface area contributed by atoms with Gasteiger partial charge in [-0.25, -0.2) is 4.79 Å². The molecule has 3 rings (SSSR count). The lowest BCUT2D eigenvalue weighted by atomic mass is 9.73. The lowest BCUT2D eigenvalue weighted by Gasteiger charge is -2.36. The Balaban J connectivity index is 1.63. The largest absolute Gasteiger partial charge is 0.378 e. The SMILES string of the molecule is CC1CCCCC12NC(=O)N(CC(=O)N(C)Cc1ccc(N(C)C)cc1)C2=O. The van der Waals surface area contributed by atoms with Crippen molar-refractivity contribution in [2.75, 3.05) is 32.6 Å². The molecule has 2 unspecified atom stereocenters. The summed E-state index contributed by atoms with van der Waals surface area (Å²) in [6.07, 6.45) is 3.55. The van der Waals surface area contributed by atoms with E-state index in [1.54, 1.807) is 11.9 Å². The molecule has 7 heteroatoms. The van der Waals surface area contributed by atoms with E-state index in [2.05, 4.69) is 5.32 Å². The first-order valence-electron chi connectivity index (χ1n) is 9.89. The molecule has 1 aliphatic heterocycles. The van der Waals surface area contributed by atoms with Gasteiger partial charge in [0.2, 0.25) is 5.91 Å². The molecule has 0 bridgehead atoms. The van der Waals surface area contributed by atoms with Crippen molar-refractivity contribution in [1.29, 1.82) is 0 Å². The Morgan fingerprint density at radius 3 is 2.46 bits per heavy atom. The van der Waals surface area contributed by atoms with Crippen LogP contribution in [-0.4, -0.2) is 60.9 Å². The molecule has 0 aromatic heterocycles. The molecule has 152 valence electrons. The number of hydrogen-bond acceptors (Lipinski definition) is 4. The smallest absolute Gasteiger partial charge is 0.325 e. The van der Waals surface area contributed by atoms with Crippen LogP contribution < -0.4 is 10.2 Å². The number of nitrogens with zero attached hydrogens (tertiary/aromatic N) is 3. The highest BCUT2D eigenvalue weighted by Gasteiger charge is 2.55. The fourth-order valence-electron chi connectivity index (χ4n) is 4.16. The lowest BCUT2D eigenvalue weighted by Crippen LogP contribution is -2.54. The second-order valence-electron chi connectivity index (χ2n) is 8.25. The molecule has 1 heterocycles. The minimum atomic E-state index is -0.823. The number of likely N-dealkylation sites (N-methyl/N-ethyl adjacent to an activating group) is 1. The van der Waals surface area contributed by atoms with Gasteiger partial charge in [-0.1, -0.05) is 31.9 Å². The topological polar surface area (TPSA) is 73.0 Å². The fraction of sp³-hybridized carbons (Fsp3) is 0.571. The quantitative estimate of drug-likeness (QED) is 0.788. The molecule has 0 radical (unpaired) electrons. The van der Waals surface area contributed by atoms with Crippen LogP contribution in [0.5, 0.6) is 0 Å². The number of nitrogens with one attached hydrogen (secondary N) is 1. The second-order valence-corrected chi connectivity index (χ2v) is 8.25. The van der Waals surface area contributed by atoms with Gasteiger partial charge in [-0.15, -0.1) is 0 Å². The molecule has 1 spiro atoms. The van der Waals surface area contributed by atoms with Crippen molar-refractivity contribution in [3.63, 3.8) is 0 Å². The Morgan fingerprint density at radius 1 is 1.18 bits per heavy atom. The summed E-state index contributed by atoms with van der Waals surface area (Å²) >= 11 is 0. The van der Waals surface area contributed by atoms with E-state index in [0.29, 0.717) is 13.0 Å². The number of amides is 4. The molecule has 2 fully saturated rings. The van der Waals surface area contributed by atoms with Gasteiger partial charge in [-0.05, 0) is 36.5 Å². The van der Waals surface area contributed by atoms with E-state index >= 15 is 0 Å². The molecule has 1 aromatic rings. The van der Waals surface area contributed by atoms with Crippen molar-refractivity contribution in [3.8, 4) is 0 Å². The van der Waals surface area contributed by atoms with Gasteiger partial charge in [0.15, 0.2) is 0 Å². The van der Waals surface area contributed by atoms with Gasteiger partial charge in [0, 0.05) is 33.4 Å². The van der Waals surface area contributed by atoms with E-state index in [9.17, 15) is 14.4 Å². The molecule has 2 atom stereocenters. The maximum atomic E-state index is 13.0. The first kappa shape index (κ1) is 20.2. The fourth-order valence-corrected chi connectivity index (χ4v) is 4.16. The predicted molar refractivity (Wildman–Crippen MR) is 108 cm³/mol. The van der Waals surface area contributed by atoms with E-state index in [-0.39, 0.29) is 24.3 Å². The van der Waals surface area contributed by atoms with Crippen LogP contribution in [0.25, 0.3) is 0 Å². The van der Waals surface area contributed by atoms with Gasteiger partial charge < -0.3 is 15.1 Å². The monoisotopic (exact) mass is 386 g/mol. The summed E-state index contributed by atoms with van der Waals surface area (Å²) in [4.78, 5) is 42.8. The van der Waals surface area contributed by atoms with Crippen LogP contribution in [0.1, 0.15) is 38.2 Å². The van der Waals surface area contributed by atoms with Gasteiger partial charge in [-0.3, -0.25) is 14.5 Å². The molecule has 7 nitrogen and oxygen atoms in total. The van der Waals surface area contributed by atoms with Gasteiger partial charge in [0.25, 0.3) is 5.91 Å². The third-order valence-corrected chi connectivity index (χ3v) is 6.09. The van der Waals surface area contributed by atoms with Crippen molar-refractivity contribution < 1.29 is 14.4 Å². The first-order chi connectivity index (χ1) is 13.2. The number of imide groups is 1. The molecule has 1 saturated carbocycles.